The average molecular weight is 350 g/mol. The number of aromatic nitrogens is 1. The summed E-state index contributed by atoms with van der Waals surface area (Å²) >= 11 is 3.40. The van der Waals surface area contributed by atoms with Crippen LogP contribution in [0.1, 0.15) is 22.3 Å². The number of Topliss-reactive ketones (excluding diaryl/α,β-unsaturated/α-hetero) is 1. The summed E-state index contributed by atoms with van der Waals surface area (Å²) in [6.07, 6.45) is 4.55. The van der Waals surface area contributed by atoms with Gasteiger partial charge in [0.2, 0.25) is 0 Å². The Morgan fingerprint density at radius 2 is 2.05 bits per heavy atom. The van der Waals surface area contributed by atoms with Crippen LogP contribution in [0.15, 0.2) is 41.1 Å². The predicted molar refractivity (Wildman–Crippen MR) is 84.1 cm³/mol. The second-order valence-corrected chi connectivity index (χ2v) is 5.24. The number of pyridine rings is 1. The number of nitrogens with zero attached hydrogens (tertiary/aromatic N) is 1. The lowest BCUT2D eigenvalue weighted by molar-refractivity contribution is 0.0979. The summed E-state index contributed by atoms with van der Waals surface area (Å²) < 4.78 is 11.2. The van der Waals surface area contributed by atoms with E-state index in [-0.39, 0.29) is 5.78 Å². The van der Waals surface area contributed by atoms with Gasteiger partial charge in [-0.15, -0.1) is 0 Å². The zero-order valence-electron chi connectivity index (χ0n) is 11.9. The van der Waals surface area contributed by atoms with Gasteiger partial charge in [-0.3, -0.25) is 9.78 Å². The zero-order chi connectivity index (χ0) is 15.2. The molecule has 0 fully saturated rings. The molecular formula is C16H16BrNO3. The Morgan fingerprint density at radius 3 is 2.67 bits per heavy atom. The quantitative estimate of drug-likeness (QED) is 0.746. The van der Waals surface area contributed by atoms with Gasteiger partial charge in [-0.05, 0) is 46.1 Å². The topological polar surface area (TPSA) is 48.4 Å². The smallest absolute Gasteiger partial charge is 0.166 e. The van der Waals surface area contributed by atoms with Gasteiger partial charge in [-0.1, -0.05) is 6.07 Å². The van der Waals surface area contributed by atoms with E-state index in [4.69, 9.17) is 9.47 Å². The summed E-state index contributed by atoms with van der Waals surface area (Å²) in [6, 6.07) is 7.31. The molecule has 110 valence electrons. The van der Waals surface area contributed by atoms with Gasteiger partial charge in [0, 0.05) is 18.8 Å². The molecule has 2 aromatic rings. The first-order valence-electron chi connectivity index (χ1n) is 6.50. The number of carbonyl (C=O) groups is 1. The highest BCUT2D eigenvalue weighted by Gasteiger charge is 2.18. The summed E-state index contributed by atoms with van der Waals surface area (Å²) in [5, 5.41) is 0. The second-order valence-electron chi connectivity index (χ2n) is 4.45. The number of hydrogen-bond acceptors (Lipinski definition) is 4. The molecule has 0 N–H and O–H groups in total. The van der Waals surface area contributed by atoms with E-state index >= 15 is 0 Å². The van der Waals surface area contributed by atoms with Crippen LogP contribution in [0, 0.1) is 0 Å². The molecule has 0 aliphatic rings. The molecule has 0 atom stereocenters. The van der Waals surface area contributed by atoms with E-state index in [0.717, 1.165) is 5.56 Å². The van der Waals surface area contributed by atoms with Crippen molar-refractivity contribution < 1.29 is 14.3 Å². The third-order valence-corrected chi connectivity index (χ3v) is 3.90. The van der Waals surface area contributed by atoms with Crippen molar-refractivity contribution in [2.75, 3.05) is 14.2 Å². The Kier molecular flexibility index (Phi) is 5.33. The standard InChI is InChI=1S/C16H16BrNO3/c1-20-14-8-6-12(16(21-2)15(14)17)13(19)7-5-11-4-3-9-18-10-11/h3-4,6,8-10H,5,7H2,1-2H3. The third kappa shape index (κ3) is 3.61. The van der Waals surface area contributed by atoms with E-state index in [0.29, 0.717) is 34.4 Å². The van der Waals surface area contributed by atoms with Gasteiger partial charge < -0.3 is 9.47 Å². The van der Waals surface area contributed by atoms with Crippen molar-refractivity contribution in [3.8, 4) is 11.5 Å². The van der Waals surface area contributed by atoms with E-state index in [1.807, 2.05) is 12.1 Å². The van der Waals surface area contributed by atoms with E-state index in [1.165, 1.54) is 7.11 Å². The van der Waals surface area contributed by atoms with Gasteiger partial charge in [-0.25, -0.2) is 0 Å². The van der Waals surface area contributed by atoms with Crippen molar-refractivity contribution in [2.45, 2.75) is 12.8 Å². The fraction of sp³-hybridized carbons (Fsp3) is 0.250. The molecule has 0 saturated carbocycles. The van der Waals surface area contributed by atoms with Gasteiger partial charge in [0.1, 0.15) is 16.0 Å². The van der Waals surface area contributed by atoms with E-state index in [2.05, 4.69) is 20.9 Å². The molecule has 0 spiro atoms. The number of benzene rings is 1. The Morgan fingerprint density at radius 1 is 1.24 bits per heavy atom. The molecule has 0 amide bonds. The van der Waals surface area contributed by atoms with Crippen LogP contribution in [0.4, 0.5) is 0 Å². The molecule has 4 nitrogen and oxygen atoms in total. The monoisotopic (exact) mass is 349 g/mol. The summed E-state index contributed by atoms with van der Waals surface area (Å²) in [6.45, 7) is 0. The number of aryl methyl sites for hydroxylation is 1. The average Bonchev–Trinajstić information content (AvgIpc) is 2.53. The minimum atomic E-state index is 0.0269. The highest BCUT2D eigenvalue weighted by atomic mass is 79.9. The van der Waals surface area contributed by atoms with E-state index in [1.54, 1.807) is 31.6 Å². The number of ether oxygens (including phenoxy) is 2. The summed E-state index contributed by atoms with van der Waals surface area (Å²) in [5.41, 5.74) is 1.59. The zero-order valence-corrected chi connectivity index (χ0v) is 13.5. The molecule has 1 heterocycles. The lowest BCUT2D eigenvalue weighted by Crippen LogP contribution is -2.05. The Hall–Kier alpha value is -1.88. The van der Waals surface area contributed by atoms with Crippen molar-refractivity contribution in [2.24, 2.45) is 0 Å². The molecule has 1 aromatic carbocycles. The molecule has 0 aliphatic carbocycles. The van der Waals surface area contributed by atoms with Crippen LogP contribution in [0.25, 0.3) is 0 Å². The van der Waals surface area contributed by atoms with Gasteiger partial charge >= 0.3 is 0 Å². The summed E-state index contributed by atoms with van der Waals surface area (Å²) in [5.74, 6) is 1.17. The Bertz CT molecular complexity index is 629. The normalized spacial score (nSPS) is 10.2. The van der Waals surface area contributed by atoms with Crippen LogP contribution < -0.4 is 9.47 Å². The van der Waals surface area contributed by atoms with Gasteiger partial charge in [0.25, 0.3) is 0 Å². The van der Waals surface area contributed by atoms with E-state index < -0.39 is 0 Å². The van der Waals surface area contributed by atoms with Crippen molar-refractivity contribution in [3.63, 3.8) is 0 Å². The molecule has 21 heavy (non-hydrogen) atoms. The van der Waals surface area contributed by atoms with Crippen molar-refractivity contribution in [1.29, 1.82) is 0 Å². The molecule has 0 saturated heterocycles. The van der Waals surface area contributed by atoms with Crippen molar-refractivity contribution in [3.05, 3.63) is 52.3 Å². The molecule has 2 rings (SSSR count). The molecule has 0 aliphatic heterocycles. The number of ketones is 1. The first-order chi connectivity index (χ1) is 10.2. The van der Waals surface area contributed by atoms with Crippen LogP contribution in [0.2, 0.25) is 0 Å². The maximum atomic E-state index is 12.4. The van der Waals surface area contributed by atoms with E-state index in [9.17, 15) is 4.79 Å². The summed E-state index contributed by atoms with van der Waals surface area (Å²) in [7, 11) is 3.11. The van der Waals surface area contributed by atoms with Crippen LogP contribution in [0.3, 0.4) is 0 Å². The highest BCUT2D eigenvalue weighted by Crippen LogP contribution is 2.37. The lowest BCUT2D eigenvalue weighted by atomic mass is 10.0. The largest absolute Gasteiger partial charge is 0.495 e. The first kappa shape index (κ1) is 15.5. The number of carbonyl (C=O) groups excluding carboxylic acids is 1. The molecule has 0 bridgehead atoms. The second kappa shape index (κ2) is 7.22. The van der Waals surface area contributed by atoms with Gasteiger partial charge in [0.15, 0.2) is 5.78 Å². The minimum Gasteiger partial charge on any atom is -0.495 e. The summed E-state index contributed by atoms with van der Waals surface area (Å²) in [4.78, 5) is 16.4. The maximum Gasteiger partial charge on any atom is 0.166 e. The maximum absolute atomic E-state index is 12.4. The van der Waals surface area contributed by atoms with Gasteiger partial charge in [0.05, 0.1) is 19.8 Å². The number of hydrogen-bond donors (Lipinski definition) is 0. The number of halogens is 1. The molecule has 1 aromatic heterocycles. The predicted octanol–water partition coefficient (Wildman–Crippen LogP) is 3.68. The minimum absolute atomic E-state index is 0.0269. The highest BCUT2D eigenvalue weighted by molar-refractivity contribution is 9.10. The van der Waals surface area contributed by atoms with Gasteiger partial charge in [-0.2, -0.15) is 0 Å². The SMILES string of the molecule is COc1ccc(C(=O)CCc2cccnc2)c(OC)c1Br. The Balaban J connectivity index is 2.17. The van der Waals surface area contributed by atoms with Crippen molar-refractivity contribution >= 4 is 21.7 Å². The first-order valence-corrected chi connectivity index (χ1v) is 7.29. The molecule has 0 radical (unpaired) electrons. The molecule has 0 unspecified atom stereocenters. The van der Waals surface area contributed by atoms with Crippen LogP contribution in [-0.4, -0.2) is 25.0 Å². The van der Waals surface area contributed by atoms with Crippen LogP contribution in [-0.2, 0) is 6.42 Å². The fourth-order valence-electron chi connectivity index (χ4n) is 2.05. The third-order valence-electron chi connectivity index (χ3n) is 3.15. The number of methoxy groups -OCH3 is 2. The Labute approximate surface area is 132 Å². The van der Waals surface area contributed by atoms with Crippen LogP contribution >= 0.6 is 15.9 Å². The number of rotatable bonds is 6. The lowest BCUT2D eigenvalue weighted by Gasteiger charge is -2.12. The fourth-order valence-corrected chi connectivity index (χ4v) is 2.72. The molecule has 5 heteroatoms. The van der Waals surface area contributed by atoms with Crippen LogP contribution in [0.5, 0.6) is 11.5 Å². The van der Waals surface area contributed by atoms with Crippen molar-refractivity contribution in [1.82, 2.24) is 4.98 Å². The molecular weight excluding hydrogens is 334 g/mol.